The molecule has 3 rings (SSSR count). The van der Waals surface area contributed by atoms with Gasteiger partial charge in [-0.25, -0.2) is 4.79 Å². The minimum absolute atomic E-state index is 0.219. The number of piperazine rings is 1. The van der Waals surface area contributed by atoms with E-state index in [1.54, 1.807) is 12.0 Å². The maximum absolute atomic E-state index is 12.2. The zero-order valence-corrected chi connectivity index (χ0v) is 19.1. The summed E-state index contributed by atoms with van der Waals surface area (Å²) in [7, 11) is 1.67. The van der Waals surface area contributed by atoms with Crippen LogP contribution in [0.15, 0.2) is 48.5 Å². The van der Waals surface area contributed by atoms with Crippen LogP contribution in [0.3, 0.4) is 0 Å². The van der Waals surface area contributed by atoms with Gasteiger partial charge in [0, 0.05) is 39.1 Å². The Morgan fingerprint density at radius 2 is 1.45 bits per heavy atom. The second-order valence-electron chi connectivity index (χ2n) is 8.83. The van der Waals surface area contributed by atoms with Gasteiger partial charge in [-0.2, -0.15) is 0 Å². The summed E-state index contributed by atoms with van der Waals surface area (Å²) < 4.78 is 16.5. The highest BCUT2D eigenvalue weighted by molar-refractivity contribution is 5.68. The quantitative estimate of drug-likeness (QED) is 0.658. The van der Waals surface area contributed by atoms with Crippen molar-refractivity contribution in [2.45, 2.75) is 39.3 Å². The van der Waals surface area contributed by atoms with E-state index in [1.165, 1.54) is 11.1 Å². The Labute approximate surface area is 185 Å². The first kappa shape index (κ1) is 22.9. The van der Waals surface area contributed by atoms with Gasteiger partial charge in [0.1, 0.15) is 17.1 Å². The third kappa shape index (κ3) is 7.47. The van der Waals surface area contributed by atoms with Gasteiger partial charge in [-0.3, -0.25) is 4.90 Å². The number of amides is 1. The van der Waals surface area contributed by atoms with E-state index in [9.17, 15) is 4.79 Å². The van der Waals surface area contributed by atoms with E-state index in [1.807, 2.05) is 45.0 Å². The van der Waals surface area contributed by atoms with Crippen LogP contribution in [0.1, 0.15) is 31.9 Å². The number of carbonyl (C=O) groups is 1. The summed E-state index contributed by atoms with van der Waals surface area (Å²) in [6, 6.07) is 16.4. The van der Waals surface area contributed by atoms with Gasteiger partial charge in [-0.05, 0) is 56.2 Å². The van der Waals surface area contributed by atoms with Crippen molar-refractivity contribution in [3.05, 3.63) is 59.7 Å². The lowest BCUT2D eigenvalue weighted by Crippen LogP contribution is -2.49. The fourth-order valence-electron chi connectivity index (χ4n) is 3.44. The predicted octanol–water partition coefficient (Wildman–Crippen LogP) is 4.37. The molecule has 0 unspecified atom stereocenters. The largest absolute Gasteiger partial charge is 0.497 e. The average molecular weight is 427 g/mol. The van der Waals surface area contributed by atoms with Gasteiger partial charge in [-0.1, -0.05) is 24.3 Å². The molecule has 1 fully saturated rings. The van der Waals surface area contributed by atoms with E-state index in [-0.39, 0.29) is 6.09 Å². The lowest BCUT2D eigenvalue weighted by atomic mass is 10.1. The highest BCUT2D eigenvalue weighted by Gasteiger charge is 2.25. The molecule has 6 heteroatoms. The van der Waals surface area contributed by atoms with Crippen LogP contribution in [0.4, 0.5) is 4.79 Å². The topological polar surface area (TPSA) is 51.2 Å². The van der Waals surface area contributed by atoms with Crippen LogP contribution in [0, 0.1) is 0 Å². The Morgan fingerprint density at radius 1 is 0.871 bits per heavy atom. The highest BCUT2D eigenvalue weighted by Crippen LogP contribution is 2.17. The lowest BCUT2D eigenvalue weighted by Gasteiger charge is -2.35. The molecule has 0 saturated carbocycles. The third-order valence-electron chi connectivity index (χ3n) is 5.17. The summed E-state index contributed by atoms with van der Waals surface area (Å²) >= 11 is 0. The Bertz CT molecular complexity index is 820. The van der Waals surface area contributed by atoms with Crippen LogP contribution < -0.4 is 9.47 Å². The van der Waals surface area contributed by atoms with Crippen LogP contribution in [0.2, 0.25) is 0 Å². The Balaban J connectivity index is 1.39. The minimum Gasteiger partial charge on any atom is -0.497 e. The van der Waals surface area contributed by atoms with Gasteiger partial charge in [0.25, 0.3) is 0 Å². The summed E-state index contributed by atoms with van der Waals surface area (Å²) in [6.07, 6.45) is 0.636. The van der Waals surface area contributed by atoms with Crippen molar-refractivity contribution in [1.82, 2.24) is 9.80 Å². The number of nitrogens with zero attached hydrogens (tertiary/aromatic N) is 2. The van der Waals surface area contributed by atoms with Crippen molar-refractivity contribution in [3.63, 3.8) is 0 Å². The number of hydrogen-bond donors (Lipinski definition) is 0. The van der Waals surface area contributed by atoms with Crippen LogP contribution in [0.5, 0.6) is 11.5 Å². The molecule has 0 aliphatic carbocycles. The first-order chi connectivity index (χ1) is 14.8. The first-order valence-electron chi connectivity index (χ1n) is 10.9. The molecule has 0 spiro atoms. The van der Waals surface area contributed by atoms with Gasteiger partial charge in [-0.15, -0.1) is 0 Å². The van der Waals surface area contributed by atoms with Gasteiger partial charge in [0.2, 0.25) is 0 Å². The first-order valence-corrected chi connectivity index (χ1v) is 10.9. The lowest BCUT2D eigenvalue weighted by molar-refractivity contribution is 0.0139. The number of hydrogen-bond acceptors (Lipinski definition) is 5. The second kappa shape index (κ2) is 10.5. The van der Waals surface area contributed by atoms with Crippen LogP contribution in [-0.2, 0) is 17.7 Å². The molecule has 0 bridgehead atoms. The molecular formula is C25H34N2O4. The fourth-order valence-corrected chi connectivity index (χ4v) is 3.44. The number of carbonyl (C=O) groups excluding carboxylic acids is 1. The van der Waals surface area contributed by atoms with Crippen LogP contribution in [0.25, 0.3) is 0 Å². The normalized spacial score (nSPS) is 14.9. The van der Waals surface area contributed by atoms with Gasteiger partial charge >= 0.3 is 6.09 Å². The molecule has 0 radical (unpaired) electrons. The molecule has 1 amide bonds. The minimum atomic E-state index is -0.452. The molecular weight excluding hydrogens is 392 g/mol. The molecule has 1 aliphatic rings. The maximum atomic E-state index is 12.2. The molecule has 1 aliphatic heterocycles. The number of benzene rings is 2. The number of methoxy groups -OCH3 is 1. The van der Waals surface area contributed by atoms with Gasteiger partial charge in [0.15, 0.2) is 0 Å². The van der Waals surface area contributed by atoms with E-state index in [4.69, 9.17) is 14.2 Å². The summed E-state index contributed by atoms with van der Waals surface area (Å²) in [5.74, 6) is 1.75. The second-order valence-corrected chi connectivity index (χ2v) is 8.83. The zero-order valence-electron chi connectivity index (χ0n) is 19.1. The van der Waals surface area contributed by atoms with Crippen molar-refractivity contribution >= 4 is 6.09 Å². The van der Waals surface area contributed by atoms with E-state index in [2.05, 4.69) is 29.2 Å². The zero-order chi connectivity index (χ0) is 22.3. The van der Waals surface area contributed by atoms with E-state index in [0.717, 1.165) is 37.6 Å². The van der Waals surface area contributed by atoms with Gasteiger partial charge < -0.3 is 19.1 Å². The summed E-state index contributed by atoms with van der Waals surface area (Å²) in [5, 5.41) is 0. The molecule has 1 heterocycles. The average Bonchev–Trinajstić information content (AvgIpc) is 2.75. The smallest absolute Gasteiger partial charge is 0.410 e. The molecule has 6 nitrogen and oxygen atoms in total. The monoisotopic (exact) mass is 426 g/mol. The Kier molecular flexibility index (Phi) is 7.80. The molecule has 0 aromatic heterocycles. The standard InChI is InChI=1S/C25H34N2O4/c1-25(2,3)31-24(28)27-16-14-26(15-17-27)19-21-7-11-23(12-8-21)30-18-13-20-5-9-22(29-4)10-6-20/h5-12H,13-19H2,1-4H3. The molecule has 0 N–H and O–H groups in total. The Hall–Kier alpha value is -2.73. The molecule has 2 aromatic rings. The van der Waals surface area contributed by atoms with Crippen LogP contribution in [-0.4, -0.2) is 61.4 Å². The van der Waals surface area contributed by atoms with Crippen LogP contribution >= 0.6 is 0 Å². The SMILES string of the molecule is COc1ccc(CCOc2ccc(CN3CCN(C(=O)OC(C)(C)C)CC3)cc2)cc1. The van der Waals surface area contributed by atoms with Crippen molar-refractivity contribution < 1.29 is 19.0 Å². The summed E-state index contributed by atoms with van der Waals surface area (Å²) in [5.41, 5.74) is 2.02. The van der Waals surface area contributed by atoms with E-state index >= 15 is 0 Å². The molecule has 168 valence electrons. The van der Waals surface area contributed by atoms with Gasteiger partial charge in [0.05, 0.1) is 13.7 Å². The van der Waals surface area contributed by atoms with Crippen molar-refractivity contribution in [2.75, 3.05) is 39.9 Å². The summed E-state index contributed by atoms with van der Waals surface area (Å²) in [6.45, 7) is 10.3. The Morgan fingerprint density at radius 3 is 2.03 bits per heavy atom. The summed E-state index contributed by atoms with van der Waals surface area (Å²) in [4.78, 5) is 16.3. The molecule has 1 saturated heterocycles. The van der Waals surface area contributed by atoms with E-state index in [0.29, 0.717) is 19.7 Å². The van der Waals surface area contributed by atoms with Crippen molar-refractivity contribution in [2.24, 2.45) is 0 Å². The molecule has 2 aromatic carbocycles. The molecule has 0 atom stereocenters. The fraction of sp³-hybridized carbons (Fsp3) is 0.480. The maximum Gasteiger partial charge on any atom is 0.410 e. The van der Waals surface area contributed by atoms with Crippen molar-refractivity contribution in [1.29, 1.82) is 0 Å². The number of rotatable bonds is 7. The highest BCUT2D eigenvalue weighted by atomic mass is 16.6. The van der Waals surface area contributed by atoms with E-state index < -0.39 is 5.60 Å². The third-order valence-corrected chi connectivity index (χ3v) is 5.17. The predicted molar refractivity (Wildman–Crippen MR) is 122 cm³/mol. The number of ether oxygens (including phenoxy) is 3. The molecule has 31 heavy (non-hydrogen) atoms. The van der Waals surface area contributed by atoms with Crippen molar-refractivity contribution in [3.8, 4) is 11.5 Å².